The van der Waals surface area contributed by atoms with Crippen LogP contribution >= 0.6 is 35.3 Å². The number of hydrogen-bond donors (Lipinski definition) is 1. The summed E-state index contributed by atoms with van der Waals surface area (Å²) in [6.45, 7) is 10.4. The summed E-state index contributed by atoms with van der Waals surface area (Å²) in [6, 6.07) is 0. The van der Waals surface area contributed by atoms with Gasteiger partial charge in [0.15, 0.2) is 5.96 Å². The van der Waals surface area contributed by atoms with E-state index in [9.17, 15) is 0 Å². The number of halogens is 1. The molecule has 0 radical (unpaired) electrons. The molecule has 1 aliphatic rings. The molecule has 4 nitrogen and oxygen atoms in total. The van der Waals surface area contributed by atoms with Crippen molar-refractivity contribution in [3.05, 3.63) is 16.1 Å². The van der Waals surface area contributed by atoms with Crippen LogP contribution in [-0.2, 0) is 13.0 Å². The number of guanidine groups is 1. The van der Waals surface area contributed by atoms with Crippen molar-refractivity contribution in [1.82, 2.24) is 15.2 Å². The largest absolute Gasteiger partial charge is 0.357 e. The van der Waals surface area contributed by atoms with Crippen LogP contribution in [0.3, 0.4) is 0 Å². The molecule has 2 rings (SSSR count). The Bertz CT molecular complexity index is 447. The Morgan fingerprint density at radius 3 is 2.95 bits per heavy atom. The molecular formula is C15H27IN4S. The molecular weight excluding hydrogens is 395 g/mol. The summed E-state index contributed by atoms with van der Waals surface area (Å²) in [7, 11) is 0. The molecule has 0 saturated carbocycles. The van der Waals surface area contributed by atoms with Crippen LogP contribution in [0.2, 0.25) is 0 Å². The van der Waals surface area contributed by atoms with Gasteiger partial charge in [-0.05, 0) is 32.1 Å². The van der Waals surface area contributed by atoms with Gasteiger partial charge in [0, 0.05) is 25.0 Å². The summed E-state index contributed by atoms with van der Waals surface area (Å²) in [5.74, 6) is 1.81. The summed E-state index contributed by atoms with van der Waals surface area (Å²) in [4.78, 5) is 11.7. The van der Waals surface area contributed by atoms with Crippen molar-refractivity contribution in [2.75, 3.05) is 19.6 Å². The SMILES string of the molecule is CCNC(=NCc1csc(CC)n1)N1CCCC(C)C1.I. The van der Waals surface area contributed by atoms with Gasteiger partial charge < -0.3 is 10.2 Å². The van der Waals surface area contributed by atoms with E-state index < -0.39 is 0 Å². The van der Waals surface area contributed by atoms with Crippen LogP contribution in [0.4, 0.5) is 0 Å². The number of aromatic nitrogens is 1. The molecule has 0 amide bonds. The number of rotatable bonds is 4. The molecule has 120 valence electrons. The van der Waals surface area contributed by atoms with Gasteiger partial charge in [-0.3, -0.25) is 0 Å². The minimum atomic E-state index is 0. The number of piperidine rings is 1. The quantitative estimate of drug-likeness (QED) is 0.459. The van der Waals surface area contributed by atoms with Crippen molar-refractivity contribution in [2.45, 2.75) is 46.6 Å². The lowest BCUT2D eigenvalue weighted by Gasteiger charge is -2.33. The zero-order chi connectivity index (χ0) is 14.4. The zero-order valence-electron chi connectivity index (χ0n) is 13.3. The molecule has 0 aliphatic carbocycles. The van der Waals surface area contributed by atoms with E-state index in [1.54, 1.807) is 11.3 Å². The van der Waals surface area contributed by atoms with Crippen LogP contribution in [0.25, 0.3) is 0 Å². The summed E-state index contributed by atoms with van der Waals surface area (Å²) in [5.41, 5.74) is 1.09. The summed E-state index contributed by atoms with van der Waals surface area (Å²) in [5, 5.41) is 6.75. The highest BCUT2D eigenvalue weighted by atomic mass is 127. The lowest BCUT2D eigenvalue weighted by molar-refractivity contribution is 0.266. The third kappa shape index (κ3) is 5.73. The van der Waals surface area contributed by atoms with Crippen LogP contribution in [0.15, 0.2) is 10.4 Å². The van der Waals surface area contributed by atoms with Crippen LogP contribution in [0, 0.1) is 5.92 Å². The fraction of sp³-hybridized carbons (Fsp3) is 0.733. The minimum Gasteiger partial charge on any atom is -0.357 e. The number of nitrogens with one attached hydrogen (secondary N) is 1. The normalized spacial score (nSPS) is 19.3. The van der Waals surface area contributed by atoms with Crippen LogP contribution in [-0.4, -0.2) is 35.5 Å². The van der Waals surface area contributed by atoms with Crippen LogP contribution in [0.5, 0.6) is 0 Å². The Morgan fingerprint density at radius 1 is 1.52 bits per heavy atom. The maximum absolute atomic E-state index is 4.77. The molecule has 0 aromatic carbocycles. The topological polar surface area (TPSA) is 40.5 Å². The highest BCUT2D eigenvalue weighted by Gasteiger charge is 2.19. The first-order valence-corrected chi connectivity index (χ1v) is 8.57. The molecule has 1 atom stereocenters. The number of nitrogens with zero attached hydrogens (tertiary/aromatic N) is 3. The van der Waals surface area contributed by atoms with E-state index in [2.05, 4.69) is 41.4 Å². The van der Waals surface area contributed by atoms with Gasteiger partial charge >= 0.3 is 0 Å². The molecule has 1 saturated heterocycles. The molecule has 1 fully saturated rings. The van der Waals surface area contributed by atoms with E-state index >= 15 is 0 Å². The highest BCUT2D eigenvalue weighted by Crippen LogP contribution is 2.16. The van der Waals surface area contributed by atoms with Crippen LogP contribution < -0.4 is 5.32 Å². The highest BCUT2D eigenvalue weighted by molar-refractivity contribution is 14.0. The molecule has 1 N–H and O–H groups in total. The maximum Gasteiger partial charge on any atom is 0.194 e. The Kier molecular flexibility index (Phi) is 8.55. The maximum atomic E-state index is 4.77. The lowest BCUT2D eigenvalue weighted by atomic mass is 10.0. The van der Waals surface area contributed by atoms with Crippen LogP contribution in [0.1, 0.15) is 44.3 Å². The van der Waals surface area contributed by atoms with E-state index in [0.29, 0.717) is 6.54 Å². The number of aliphatic imine (C=N–C) groups is 1. The van der Waals surface area contributed by atoms with Crippen molar-refractivity contribution in [2.24, 2.45) is 10.9 Å². The number of aryl methyl sites for hydroxylation is 1. The van der Waals surface area contributed by atoms with E-state index in [1.165, 1.54) is 17.8 Å². The second kappa shape index (κ2) is 9.61. The smallest absolute Gasteiger partial charge is 0.194 e. The molecule has 1 aromatic heterocycles. The summed E-state index contributed by atoms with van der Waals surface area (Å²) < 4.78 is 0. The third-order valence-electron chi connectivity index (χ3n) is 3.58. The van der Waals surface area contributed by atoms with Gasteiger partial charge in [-0.1, -0.05) is 13.8 Å². The molecule has 1 aliphatic heterocycles. The van der Waals surface area contributed by atoms with Crippen molar-refractivity contribution < 1.29 is 0 Å². The average Bonchev–Trinajstić information content (AvgIpc) is 2.91. The van der Waals surface area contributed by atoms with E-state index in [-0.39, 0.29) is 24.0 Å². The van der Waals surface area contributed by atoms with Gasteiger partial charge in [0.2, 0.25) is 0 Å². The molecule has 1 unspecified atom stereocenters. The fourth-order valence-electron chi connectivity index (χ4n) is 2.55. The van der Waals surface area contributed by atoms with Gasteiger partial charge in [0.1, 0.15) is 0 Å². The lowest BCUT2D eigenvalue weighted by Crippen LogP contribution is -2.46. The summed E-state index contributed by atoms with van der Waals surface area (Å²) >= 11 is 1.74. The number of thiazole rings is 1. The zero-order valence-corrected chi connectivity index (χ0v) is 16.4. The molecule has 0 bridgehead atoms. The van der Waals surface area contributed by atoms with Gasteiger partial charge in [0.25, 0.3) is 0 Å². The van der Waals surface area contributed by atoms with Gasteiger partial charge in [-0.25, -0.2) is 9.98 Å². The van der Waals surface area contributed by atoms with Crippen molar-refractivity contribution in [1.29, 1.82) is 0 Å². The molecule has 2 heterocycles. The molecule has 1 aromatic rings. The second-order valence-corrected chi connectivity index (χ2v) is 6.39. The molecule has 21 heavy (non-hydrogen) atoms. The minimum absolute atomic E-state index is 0. The predicted octanol–water partition coefficient (Wildman–Crippen LogP) is 3.52. The average molecular weight is 422 g/mol. The number of likely N-dealkylation sites (tertiary alicyclic amines) is 1. The number of hydrogen-bond acceptors (Lipinski definition) is 3. The third-order valence-corrected chi connectivity index (χ3v) is 4.63. The predicted molar refractivity (Wildman–Crippen MR) is 102 cm³/mol. The molecule has 6 heteroatoms. The Hall–Kier alpha value is -0.370. The van der Waals surface area contributed by atoms with Crippen molar-refractivity contribution in [3.63, 3.8) is 0 Å². The van der Waals surface area contributed by atoms with E-state index in [1.807, 2.05) is 0 Å². The van der Waals surface area contributed by atoms with E-state index in [4.69, 9.17) is 4.99 Å². The van der Waals surface area contributed by atoms with Gasteiger partial charge in [-0.2, -0.15) is 0 Å². The van der Waals surface area contributed by atoms with Gasteiger partial charge in [0.05, 0.1) is 17.2 Å². The first-order valence-electron chi connectivity index (χ1n) is 7.69. The van der Waals surface area contributed by atoms with Crippen molar-refractivity contribution in [3.8, 4) is 0 Å². The Morgan fingerprint density at radius 2 is 2.33 bits per heavy atom. The fourth-order valence-corrected chi connectivity index (χ4v) is 3.28. The first-order chi connectivity index (χ1) is 9.72. The Balaban J connectivity index is 0.00000220. The van der Waals surface area contributed by atoms with Crippen molar-refractivity contribution >= 4 is 41.3 Å². The Labute approximate surface area is 149 Å². The first kappa shape index (κ1) is 18.7. The molecule has 0 spiro atoms. The monoisotopic (exact) mass is 422 g/mol. The standard InChI is InChI=1S/C15H26N4S.HI/c1-4-14-18-13(11-20-14)9-17-15(16-5-2)19-8-6-7-12(3)10-19;/h11-12H,4-10H2,1-3H3,(H,16,17);1H. The van der Waals surface area contributed by atoms with Gasteiger partial charge in [-0.15, -0.1) is 35.3 Å². The van der Waals surface area contributed by atoms with E-state index in [0.717, 1.165) is 43.6 Å². The second-order valence-electron chi connectivity index (χ2n) is 5.45. The summed E-state index contributed by atoms with van der Waals surface area (Å²) in [6.07, 6.45) is 3.61.